The Balaban J connectivity index is 2.45. The minimum absolute atomic E-state index is 0.245. The van der Waals surface area contributed by atoms with Crippen LogP contribution in [0.2, 0.25) is 0 Å². The minimum Gasteiger partial charge on any atom is -0.497 e. The van der Waals surface area contributed by atoms with Gasteiger partial charge in [0.15, 0.2) is 16.4 Å². The van der Waals surface area contributed by atoms with Crippen molar-refractivity contribution < 1.29 is 27.4 Å². The zero-order valence-electron chi connectivity index (χ0n) is 15.8. The second-order valence-corrected chi connectivity index (χ2v) is 7.03. The second kappa shape index (κ2) is 9.01. The molecule has 0 unspecified atom stereocenters. The number of anilines is 1. The summed E-state index contributed by atoms with van der Waals surface area (Å²) in [4.78, 5) is -0.492. The monoisotopic (exact) mass is 404 g/mol. The van der Waals surface area contributed by atoms with E-state index in [-0.39, 0.29) is 11.5 Å². The van der Waals surface area contributed by atoms with Crippen molar-refractivity contribution in [2.45, 2.75) is 0 Å². The molecule has 0 radical (unpaired) electrons. The van der Waals surface area contributed by atoms with Crippen LogP contribution in [0, 0.1) is 11.3 Å². The van der Waals surface area contributed by atoms with Crippen molar-refractivity contribution in [3.05, 3.63) is 46.9 Å². The van der Waals surface area contributed by atoms with Crippen LogP contribution in [-0.4, -0.2) is 36.9 Å². The van der Waals surface area contributed by atoms with Crippen molar-refractivity contribution in [3.8, 4) is 29.1 Å². The molecular formula is C19H20N2O6S. The lowest BCUT2D eigenvalue weighted by atomic mass is 10.1. The highest BCUT2D eigenvalue weighted by Crippen LogP contribution is 2.40. The number of nitriles is 1. The van der Waals surface area contributed by atoms with E-state index in [0.29, 0.717) is 22.7 Å². The summed E-state index contributed by atoms with van der Waals surface area (Å²) in [6.45, 7) is 0. The van der Waals surface area contributed by atoms with Gasteiger partial charge in [0.1, 0.15) is 11.8 Å². The molecular weight excluding hydrogens is 384 g/mol. The number of allylic oxidation sites excluding steroid dienone is 1. The van der Waals surface area contributed by atoms with Crippen molar-refractivity contribution in [3.63, 3.8) is 0 Å². The highest BCUT2D eigenvalue weighted by molar-refractivity contribution is 7.96. The Morgan fingerprint density at radius 1 is 0.929 bits per heavy atom. The van der Waals surface area contributed by atoms with Gasteiger partial charge in [-0.25, -0.2) is 8.42 Å². The summed E-state index contributed by atoms with van der Waals surface area (Å²) >= 11 is 0. The van der Waals surface area contributed by atoms with Crippen LogP contribution in [0.1, 0.15) is 5.56 Å². The van der Waals surface area contributed by atoms with Gasteiger partial charge in [0.05, 0.1) is 28.4 Å². The van der Waals surface area contributed by atoms with Gasteiger partial charge >= 0.3 is 0 Å². The van der Waals surface area contributed by atoms with Crippen LogP contribution in [-0.2, 0) is 10.0 Å². The van der Waals surface area contributed by atoms with Crippen molar-refractivity contribution in [1.82, 2.24) is 0 Å². The van der Waals surface area contributed by atoms with Crippen LogP contribution in [0.25, 0.3) is 6.08 Å². The van der Waals surface area contributed by atoms with E-state index >= 15 is 0 Å². The molecule has 0 aliphatic rings. The highest BCUT2D eigenvalue weighted by Gasteiger charge is 2.21. The topological polar surface area (TPSA) is 107 Å². The van der Waals surface area contributed by atoms with E-state index in [9.17, 15) is 13.7 Å². The molecule has 0 saturated carbocycles. The number of ether oxygens (including phenoxy) is 4. The first-order chi connectivity index (χ1) is 13.4. The highest BCUT2D eigenvalue weighted by atomic mass is 32.2. The minimum atomic E-state index is -4.12. The molecule has 8 nitrogen and oxygen atoms in total. The van der Waals surface area contributed by atoms with E-state index in [4.69, 9.17) is 18.9 Å². The summed E-state index contributed by atoms with van der Waals surface area (Å²) in [5, 5.41) is 9.42. The smallest absolute Gasteiger partial charge is 0.272 e. The maximum Gasteiger partial charge on any atom is 0.272 e. The maximum atomic E-state index is 12.6. The van der Waals surface area contributed by atoms with Gasteiger partial charge < -0.3 is 18.9 Å². The summed E-state index contributed by atoms with van der Waals surface area (Å²) in [5.74, 6) is 1.52. The molecule has 0 fully saturated rings. The molecule has 0 aliphatic carbocycles. The average Bonchev–Trinajstić information content (AvgIpc) is 2.71. The van der Waals surface area contributed by atoms with Gasteiger partial charge in [-0.1, -0.05) is 0 Å². The fraction of sp³-hybridized carbons (Fsp3) is 0.211. The Hall–Kier alpha value is -3.38. The molecule has 0 bridgehead atoms. The first-order valence-corrected chi connectivity index (χ1v) is 9.46. The number of methoxy groups -OCH3 is 4. The Morgan fingerprint density at radius 2 is 1.57 bits per heavy atom. The second-order valence-electron chi connectivity index (χ2n) is 5.38. The average molecular weight is 404 g/mol. The molecule has 28 heavy (non-hydrogen) atoms. The Kier molecular flexibility index (Phi) is 6.74. The summed E-state index contributed by atoms with van der Waals surface area (Å²) < 4.78 is 48.5. The van der Waals surface area contributed by atoms with Crippen LogP contribution >= 0.6 is 0 Å². The molecule has 0 aromatic heterocycles. The molecule has 0 heterocycles. The summed E-state index contributed by atoms with van der Waals surface area (Å²) in [5.41, 5.74) is 0.637. The molecule has 0 amide bonds. The van der Waals surface area contributed by atoms with Gasteiger partial charge in [0, 0.05) is 11.3 Å². The molecule has 2 aromatic carbocycles. The quantitative estimate of drug-likeness (QED) is 0.674. The third-order valence-corrected chi connectivity index (χ3v) is 5.06. The molecule has 2 rings (SSSR count). The molecule has 1 N–H and O–H groups in total. The fourth-order valence-electron chi connectivity index (χ4n) is 2.42. The van der Waals surface area contributed by atoms with Gasteiger partial charge in [-0.15, -0.1) is 0 Å². The summed E-state index contributed by atoms with van der Waals surface area (Å²) in [6.07, 6.45) is 1.20. The van der Waals surface area contributed by atoms with Gasteiger partial charge in [0.25, 0.3) is 10.0 Å². The first-order valence-electron chi connectivity index (χ1n) is 7.97. The van der Waals surface area contributed by atoms with Crippen LogP contribution in [0.5, 0.6) is 23.0 Å². The van der Waals surface area contributed by atoms with Crippen molar-refractivity contribution in [2.24, 2.45) is 0 Å². The number of nitrogens with one attached hydrogen (secondary N) is 1. The largest absolute Gasteiger partial charge is 0.497 e. The maximum absolute atomic E-state index is 12.6. The molecule has 0 saturated heterocycles. The van der Waals surface area contributed by atoms with Crippen LogP contribution in [0.3, 0.4) is 0 Å². The number of hydrogen-bond donors (Lipinski definition) is 1. The zero-order valence-corrected chi connectivity index (χ0v) is 16.7. The lowest BCUT2D eigenvalue weighted by Crippen LogP contribution is -2.14. The Bertz CT molecular complexity index is 1010. The Labute approximate surface area is 164 Å². The van der Waals surface area contributed by atoms with Crippen molar-refractivity contribution >= 4 is 21.8 Å². The number of hydrogen-bond acceptors (Lipinski definition) is 7. The first kappa shape index (κ1) is 20.9. The summed E-state index contributed by atoms with van der Waals surface area (Å²) in [7, 11) is 1.69. The van der Waals surface area contributed by atoms with Gasteiger partial charge in [-0.05, 0) is 42.5 Å². The van der Waals surface area contributed by atoms with E-state index in [1.54, 1.807) is 30.3 Å². The number of nitrogens with zero attached hydrogens (tertiary/aromatic N) is 1. The van der Waals surface area contributed by atoms with E-state index < -0.39 is 14.9 Å². The zero-order chi connectivity index (χ0) is 20.7. The number of rotatable bonds is 8. The van der Waals surface area contributed by atoms with Crippen molar-refractivity contribution in [2.75, 3.05) is 33.2 Å². The standard InChI is InChI=1S/C19H20N2O6S/c1-24-15-8-6-14(7-9-15)21-28(22,23)16(12-20)11-13-5-10-17(25-2)19(27-4)18(13)26-3/h5-11,21H,1-4H3/b16-11+. The normalized spacial score (nSPS) is 11.3. The van der Waals surface area contributed by atoms with Crippen LogP contribution < -0.4 is 23.7 Å². The van der Waals surface area contributed by atoms with E-state index in [1.807, 2.05) is 0 Å². The van der Waals surface area contributed by atoms with Crippen molar-refractivity contribution in [1.29, 1.82) is 5.26 Å². The predicted octanol–water partition coefficient (Wildman–Crippen LogP) is 3.03. The van der Waals surface area contributed by atoms with E-state index in [0.717, 1.165) is 0 Å². The number of benzene rings is 2. The Morgan fingerprint density at radius 3 is 2.07 bits per heavy atom. The SMILES string of the molecule is COc1ccc(NS(=O)(=O)/C(C#N)=C/c2ccc(OC)c(OC)c2OC)cc1. The lowest BCUT2D eigenvalue weighted by Gasteiger charge is -2.14. The number of sulfonamides is 1. The van der Waals surface area contributed by atoms with Gasteiger partial charge in [-0.2, -0.15) is 5.26 Å². The summed E-state index contributed by atoms with van der Waals surface area (Å²) in [6, 6.07) is 11.1. The van der Waals surface area contributed by atoms with Gasteiger partial charge in [0.2, 0.25) is 5.75 Å². The predicted molar refractivity (Wildman–Crippen MR) is 105 cm³/mol. The van der Waals surface area contributed by atoms with E-state index in [1.165, 1.54) is 46.6 Å². The molecule has 2 aromatic rings. The lowest BCUT2D eigenvalue weighted by molar-refractivity contribution is 0.324. The molecule has 9 heteroatoms. The van der Waals surface area contributed by atoms with E-state index in [2.05, 4.69) is 4.72 Å². The third kappa shape index (κ3) is 4.47. The van der Waals surface area contributed by atoms with Crippen LogP contribution in [0.15, 0.2) is 41.3 Å². The fourth-order valence-corrected chi connectivity index (χ4v) is 3.38. The van der Waals surface area contributed by atoms with Crippen LogP contribution in [0.4, 0.5) is 5.69 Å². The molecule has 0 atom stereocenters. The third-order valence-electron chi connectivity index (χ3n) is 3.76. The molecule has 0 spiro atoms. The molecule has 0 aliphatic heterocycles. The molecule has 148 valence electrons. The van der Waals surface area contributed by atoms with Gasteiger partial charge in [-0.3, -0.25) is 4.72 Å².